The van der Waals surface area contributed by atoms with E-state index in [-0.39, 0.29) is 18.2 Å². The number of hydrogen-bond acceptors (Lipinski definition) is 3. The minimum absolute atomic E-state index is 0.0188. The highest BCUT2D eigenvalue weighted by Crippen LogP contribution is 2.38. The number of nitrogens with zero attached hydrogens (tertiary/aromatic N) is 2. The molecule has 0 aliphatic carbocycles. The van der Waals surface area contributed by atoms with Crippen molar-refractivity contribution >= 4 is 0 Å². The lowest BCUT2D eigenvalue weighted by Crippen LogP contribution is -2.29. The Hall–Kier alpha value is -4.31. The molecule has 40 heavy (non-hydrogen) atoms. The van der Waals surface area contributed by atoms with Crippen LogP contribution in [0.15, 0.2) is 65.5 Å². The van der Waals surface area contributed by atoms with Crippen LogP contribution in [-0.4, -0.2) is 4.57 Å². The van der Waals surface area contributed by atoms with Crippen LogP contribution in [0.3, 0.4) is 0 Å². The van der Waals surface area contributed by atoms with Crippen LogP contribution in [0.4, 0.5) is 13.2 Å². The van der Waals surface area contributed by atoms with Crippen LogP contribution in [0.2, 0.25) is 0 Å². The van der Waals surface area contributed by atoms with Gasteiger partial charge in [0.15, 0.2) is 0 Å². The number of halogens is 3. The zero-order valence-corrected chi connectivity index (χ0v) is 23.4. The van der Waals surface area contributed by atoms with Crippen molar-refractivity contribution in [3.63, 3.8) is 0 Å². The second kappa shape index (κ2) is 11.1. The molecule has 0 amide bonds. The Bertz CT molecular complexity index is 1690. The van der Waals surface area contributed by atoms with Crippen molar-refractivity contribution < 1.29 is 17.9 Å². The smallest absolute Gasteiger partial charge is 0.417 e. The first-order chi connectivity index (χ1) is 18.8. The molecule has 4 nitrogen and oxygen atoms in total. The van der Waals surface area contributed by atoms with Crippen LogP contribution in [-0.2, 0) is 12.7 Å². The van der Waals surface area contributed by atoms with Crippen molar-refractivity contribution in [3.05, 3.63) is 116 Å². The molecule has 4 rings (SSSR count). The molecule has 0 unspecified atom stereocenters. The van der Waals surface area contributed by atoms with Gasteiger partial charge in [-0.05, 0) is 91.8 Å². The number of aromatic nitrogens is 1. The zero-order valence-electron chi connectivity index (χ0n) is 23.4. The summed E-state index contributed by atoms with van der Waals surface area (Å²) >= 11 is 0. The van der Waals surface area contributed by atoms with E-state index in [2.05, 4.69) is 0 Å². The topological polar surface area (TPSA) is 55.0 Å². The molecular weight excluding hydrogens is 513 g/mol. The van der Waals surface area contributed by atoms with Crippen LogP contribution >= 0.6 is 0 Å². The Morgan fingerprint density at radius 2 is 1.50 bits per heavy atom. The summed E-state index contributed by atoms with van der Waals surface area (Å²) in [5.74, 6) is 1.24. The summed E-state index contributed by atoms with van der Waals surface area (Å²) in [6, 6.07) is 19.1. The first-order valence-electron chi connectivity index (χ1n) is 13.0. The lowest BCUT2D eigenvalue weighted by molar-refractivity contribution is -0.137. The predicted molar refractivity (Wildman–Crippen MR) is 151 cm³/mol. The highest BCUT2D eigenvalue weighted by atomic mass is 19.4. The van der Waals surface area contributed by atoms with Gasteiger partial charge < -0.3 is 9.30 Å². The third kappa shape index (κ3) is 5.81. The molecule has 4 aromatic rings. The van der Waals surface area contributed by atoms with E-state index in [1.165, 1.54) is 10.6 Å². The van der Waals surface area contributed by atoms with E-state index in [9.17, 15) is 23.2 Å². The highest BCUT2D eigenvalue weighted by Gasteiger charge is 2.36. The third-order valence-electron chi connectivity index (χ3n) is 7.02. The molecule has 0 aliphatic rings. The zero-order chi connectivity index (χ0) is 29.4. The molecular formula is C33H31F3N2O2. The summed E-state index contributed by atoms with van der Waals surface area (Å²) < 4.78 is 49.6. The van der Waals surface area contributed by atoms with E-state index in [1.807, 2.05) is 77.9 Å². The molecule has 1 heterocycles. The van der Waals surface area contributed by atoms with Gasteiger partial charge in [-0.25, -0.2) is 0 Å². The summed E-state index contributed by atoms with van der Waals surface area (Å²) in [5.41, 5.74) is 2.91. The van der Waals surface area contributed by atoms with E-state index < -0.39 is 22.9 Å². The fraction of sp³-hybridized carbons (Fsp3) is 0.273. The molecule has 7 heteroatoms. The molecule has 3 aromatic carbocycles. The van der Waals surface area contributed by atoms with Crippen molar-refractivity contribution in [1.82, 2.24) is 4.57 Å². The fourth-order valence-electron chi connectivity index (χ4n) is 4.85. The van der Waals surface area contributed by atoms with Gasteiger partial charge in [0.05, 0.1) is 17.8 Å². The standard InChI is InChI=1S/C33H31F3N2O2/c1-19(2)26-15-24(10-12-31(26)40-30-11-8-21(4)14-23(30)6)29-16-28(33(34,35)36)27(17-37)32(39)38(29)18-25-9-7-20(3)13-22(25)5/h7-16,19H,18H2,1-6H3. The molecule has 0 saturated heterocycles. The molecule has 0 fully saturated rings. The molecule has 0 N–H and O–H groups in total. The van der Waals surface area contributed by atoms with Gasteiger partial charge in [0.1, 0.15) is 23.1 Å². The maximum absolute atomic E-state index is 14.0. The van der Waals surface area contributed by atoms with Crippen molar-refractivity contribution in [3.8, 4) is 28.8 Å². The van der Waals surface area contributed by atoms with Crippen molar-refractivity contribution in [2.45, 2.75) is 60.2 Å². The Morgan fingerprint density at radius 3 is 2.08 bits per heavy atom. The molecule has 0 radical (unpaired) electrons. The van der Waals surface area contributed by atoms with Crippen molar-refractivity contribution in [2.24, 2.45) is 0 Å². The summed E-state index contributed by atoms with van der Waals surface area (Å²) in [6.07, 6.45) is -4.87. The van der Waals surface area contributed by atoms with Gasteiger partial charge in [-0.1, -0.05) is 55.3 Å². The monoisotopic (exact) mass is 544 g/mol. The molecule has 0 aliphatic heterocycles. The van der Waals surface area contributed by atoms with E-state index >= 15 is 0 Å². The number of pyridine rings is 1. The molecule has 0 atom stereocenters. The van der Waals surface area contributed by atoms with Crippen LogP contribution < -0.4 is 10.3 Å². The number of ether oxygens (including phenoxy) is 1. The number of aryl methyl sites for hydroxylation is 4. The molecule has 206 valence electrons. The summed E-state index contributed by atoms with van der Waals surface area (Å²) in [4.78, 5) is 13.5. The molecule has 0 bridgehead atoms. The summed E-state index contributed by atoms with van der Waals surface area (Å²) in [6.45, 7) is 11.7. The Kier molecular flexibility index (Phi) is 7.93. The van der Waals surface area contributed by atoms with Gasteiger partial charge in [-0.2, -0.15) is 18.4 Å². The van der Waals surface area contributed by atoms with E-state index in [0.29, 0.717) is 17.1 Å². The second-order valence-corrected chi connectivity index (χ2v) is 10.5. The number of benzene rings is 3. The van der Waals surface area contributed by atoms with Gasteiger partial charge in [-0.3, -0.25) is 4.79 Å². The van der Waals surface area contributed by atoms with Gasteiger partial charge in [0.25, 0.3) is 5.56 Å². The molecule has 0 saturated carbocycles. The quantitative estimate of drug-likeness (QED) is 0.244. The Labute approximate surface area is 232 Å². The summed E-state index contributed by atoms with van der Waals surface area (Å²) in [5, 5.41) is 9.56. The average molecular weight is 545 g/mol. The van der Waals surface area contributed by atoms with Crippen molar-refractivity contribution in [1.29, 1.82) is 5.26 Å². The minimum atomic E-state index is -4.87. The van der Waals surface area contributed by atoms with E-state index in [4.69, 9.17) is 4.74 Å². The Morgan fingerprint density at radius 1 is 0.875 bits per heavy atom. The van der Waals surface area contributed by atoms with Crippen molar-refractivity contribution in [2.75, 3.05) is 0 Å². The van der Waals surface area contributed by atoms with Gasteiger partial charge in [0.2, 0.25) is 0 Å². The highest BCUT2D eigenvalue weighted by molar-refractivity contribution is 5.66. The SMILES string of the molecule is Cc1ccc(Cn2c(-c3ccc(Oc4ccc(C)cc4C)c(C(C)C)c3)cc(C(F)(F)F)c(C#N)c2=O)c(C)c1. The third-order valence-corrected chi connectivity index (χ3v) is 7.02. The number of hydrogen-bond donors (Lipinski definition) is 0. The normalized spacial score (nSPS) is 11.5. The van der Waals surface area contributed by atoms with E-state index in [0.717, 1.165) is 39.4 Å². The number of nitriles is 1. The largest absolute Gasteiger partial charge is 0.457 e. The first kappa shape index (κ1) is 28.7. The van der Waals surface area contributed by atoms with Crippen LogP contribution in [0.25, 0.3) is 11.3 Å². The van der Waals surface area contributed by atoms with Gasteiger partial charge in [0, 0.05) is 0 Å². The molecule has 0 spiro atoms. The lowest BCUT2D eigenvalue weighted by atomic mass is 9.96. The van der Waals surface area contributed by atoms with Crippen LogP contribution in [0.1, 0.15) is 64.3 Å². The molecule has 1 aromatic heterocycles. The number of rotatable bonds is 6. The fourth-order valence-corrected chi connectivity index (χ4v) is 4.85. The average Bonchev–Trinajstić information content (AvgIpc) is 2.87. The second-order valence-electron chi connectivity index (χ2n) is 10.5. The van der Waals surface area contributed by atoms with Gasteiger partial charge >= 0.3 is 6.18 Å². The summed E-state index contributed by atoms with van der Waals surface area (Å²) in [7, 11) is 0. The van der Waals surface area contributed by atoms with Crippen LogP contribution in [0, 0.1) is 39.0 Å². The van der Waals surface area contributed by atoms with E-state index in [1.54, 1.807) is 18.2 Å². The minimum Gasteiger partial charge on any atom is -0.457 e. The predicted octanol–water partition coefficient (Wildman–Crippen LogP) is 8.60. The number of alkyl halides is 3. The Balaban J connectivity index is 1.93. The van der Waals surface area contributed by atoms with Gasteiger partial charge in [-0.15, -0.1) is 0 Å². The lowest BCUT2D eigenvalue weighted by Gasteiger charge is -2.21. The maximum Gasteiger partial charge on any atom is 0.417 e. The first-order valence-corrected chi connectivity index (χ1v) is 13.0. The van der Waals surface area contributed by atoms with Crippen LogP contribution in [0.5, 0.6) is 11.5 Å². The maximum atomic E-state index is 14.0.